The van der Waals surface area contributed by atoms with Crippen molar-refractivity contribution in [2.24, 2.45) is 0 Å². The SMILES string of the molecule is CCC(=O)N[C@H](c1ccccc1)c1c(OC(C)=O)ccc2ccccc12. The summed E-state index contributed by atoms with van der Waals surface area (Å²) in [6, 6.07) is 20.9. The van der Waals surface area contributed by atoms with E-state index in [9.17, 15) is 9.59 Å². The minimum Gasteiger partial charge on any atom is -0.426 e. The maximum atomic E-state index is 12.2. The largest absolute Gasteiger partial charge is 0.426 e. The van der Waals surface area contributed by atoms with Gasteiger partial charge in [-0.1, -0.05) is 67.6 Å². The van der Waals surface area contributed by atoms with Crippen LogP contribution < -0.4 is 10.1 Å². The monoisotopic (exact) mass is 347 g/mol. The van der Waals surface area contributed by atoms with Crippen molar-refractivity contribution >= 4 is 22.6 Å². The Morgan fingerprint density at radius 3 is 2.35 bits per heavy atom. The molecule has 0 unspecified atom stereocenters. The summed E-state index contributed by atoms with van der Waals surface area (Å²) in [6.07, 6.45) is 0.372. The minimum absolute atomic E-state index is 0.0689. The third-order valence-electron chi connectivity index (χ3n) is 4.23. The molecule has 3 aromatic rings. The molecule has 0 fully saturated rings. The van der Waals surface area contributed by atoms with Gasteiger partial charge in [-0.2, -0.15) is 0 Å². The maximum absolute atomic E-state index is 12.2. The summed E-state index contributed by atoms with van der Waals surface area (Å²) in [5.41, 5.74) is 1.71. The molecule has 0 heterocycles. The number of fused-ring (bicyclic) bond motifs is 1. The van der Waals surface area contributed by atoms with Crippen LogP contribution in [-0.4, -0.2) is 11.9 Å². The van der Waals surface area contributed by atoms with Gasteiger partial charge in [-0.15, -0.1) is 0 Å². The Labute approximate surface area is 152 Å². The van der Waals surface area contributed by atoms with Crippen molar-refractivity contribution in [1.82, 2.24) is 5.32 Å². The van der Waals surface area contributed by atoms with Crippen molar-refractivity contribution in [2.75, 3.05) is 0 Å². The van der Waals surface area contributed by atoms with Crippen LogP contribution in [0.25, 0.3) is 10.8 Å². The van der Waals surface area contributed by atoms with Crippen LogP contribution in [0.1, 0.15) is 37.4 Å². The Kier molecular flexibility index (Phi) is 5.32. The van der Waals surface area contributed by atoms with Gasteiger partial charge in [0.15, 0.2) is 0 Å². The van der Waals surface area contributed by atoms with Crippen molar-refractivity contribution < 1.29 is 14.3 Å². The second-order valence-electron chi connectivity index (χ2n) is 6.06. The highest BCUT2D eigenvalue weighted by Gasteiger charge is 2.23. The number of esters is 1. The van der Waals surface area contributed by atoms with Crippen LogP contribution in [0.2, 0.25) is 0 Å². The van der Waals surface area contributed by atoms with Crippen LogP contribution in [0.15, 0.2) is 66.7 Å². The third-order valence-corrected chi connectivity index (χ3v) is 4.23. The number of rotatable bonds is 5. The van der Waals surface area contributed by atoms with Gasteiger partial charge in [0.25, 0.3) is 0 Å². The van der Waals surface area contributed by atoms with Crippen molar-refractivity contribution in [3.8, 4) is 5.75 Å². The van der Waals surface area contributed by atoms with Crippen molar-refractivity contribution in [3.63, 3.8) is 0 Å². The summed E-state index contributed by atoms with van der Waals surface area (Å²) in [4.78, 5) is 23.8. The average Bonchev–Trinajstić information content (AvgIpc) is 2.66. The summed E-state index contributed by atoms with van der Waals surface area (Å²) in [5, 5.41) is 5.03. The Morgan fingerprint density at radius 2 is 1.65 bits per heavy atom. The Balaban J connectivity index is 2.25. The quantitative estimate of drug-likeness (QED) is 0.550. The molecule has 4 heteroatoms. The first kappa shape index (κ1) is 17.7. The highest BCUT2D eigenvalue weighted by atomic mass is 16.5. The zero-order valence-corrected chi connectivity index (χ0v) is 14.9. The predicted octanol–water partition coefficient (Wildman–Crippen LogP) is 4.38. The molecule has 0 bridgehead atoms. The van der Waals surface area contributed by atoms with E-state index in [1.54, 1.807) is 6.07 Å². The Hall–Kier alpha value is -3.14. The van der Waals surface area contributed by atoms with Gasteiger partial charge in [0, 0.05) is 18.9 Å². The average molecular weight is 347 g/mol. The summed E-state index contributed by atoms with van der Waals surface area (Å²) < 4.78 is 5.48. The van der Waals surface area contributed by atoms with Gasteiger partial charge in [-0.3, -0.25) is 9.59 Å². The molecule has 3 rings (SSSR count). The highest BCUT2D eigenvalue weighted by molar-refractivity contribution is 5.90. The molecule has 1 amide bonds. The molecular formula is C22H21NO3. The second-order valence-corrected chi connectivity index (χ2v) is 6.06. The normalized spacial score (nSPS) is 11.8. The third kappa shape index (κ3) is 3.75. The highest BCUT2D eigenvalue weighted by Crippen LogP contribution is 2.36. The summed E-state index contributed by atoms with van der Waals surface area (Å²) in [7, 11) is 0. The first-order valence-electron chi connectivity index (χ1n) is 8.64. The molecule has 26 heavy (non-hydrogen) atoms. The molecule has 132 valence electrons. The minimum atomic E-state index is -0.413. The van der Waals surface area contributed by atoms with E-state index < -0.39 is 12.0 Å². The lowest BCUT2D eigenvalue weighted by molar-refractivity contribution is -0.131. The predicted molar refractivity (Wildman–Crippen MR) is 102 cm³/mol. The first-order chi connectivity index (χ1) is 12.6. The topological polar surface area (TPSA) is 55.4 Å². The Morgan fingerprint density at radius 1 is 0.962 bits per heavy atom. The van der Waals surface area contributed by atoms with E-state index in [0.717, 1.165) is 21.9 Å². The van der Waals surface area contributed by atoms with Crippen LogP contribution in [0.3, 0.4) is 0 Å². The number of nitrogens with one attached hydrogen (secondary N) is 1. The van der Waals surface area contributed by atoms with Gasteiger partial charge in [0.2, 0.25) is 5.91 Å². The first-order valence-corrected chi connectivity index (χ1v) is 8.64. The van der Waals surface area contributed by atoms with Gasteiger partial charge in [0.1, 0.15) is 5.75 Å². The molecule has 1 atom stereocenters. The number of ether oxygens (including phenoxy) is 1. The van der Waals surface area contributed by atoms with E-state index in [1.165, 1.54) is 6.92 Å². The zero-order valence-electron chi connectivity index (χ0n) is 14.9. The van der Waals surface area contributed by atoms with Gasteiger partial charge in [-0.25, -0.2) is 0 Å². The fourth-order valence-electron chi connectivity index (χ4n) is 3.05. The van der Waals surface area contributed by atoms with E-state index in [0.29, 0.717) is 12.2 Å². The number of hydrogen-bond donors (Lipinski definition) is 1. The molecule has 0 aliphatic carbocycles. The van der Waals surface area contributed by atoms with Crippen LogP contribution in [0.4, 0.5) is 0 Å². The summed E-state index contributed by atoms with van der Waals surface area (Å²) in [6.45, 7) is 3.19. The molecule has 0 spiro atoms. The second kappa shape index (κ2) is 7.83. The molecule has 1 N–H and O–H groups in total. The van der Waals surface area contributed by atoms with E-state index in [4.69, 9.17) is 4.74 Å². The molecule has 0 aliphatic heterocycles. The molecule has 0 saturated carbocycles. The molecule has 0 radical (unpaired) electrons. The maximum Gasteiger partial charge on any atom is 0.308 e. The van der Waals surface area contributed by atoms with E-state index >= 15 is 0 Å². The smallest absolute Gasteiger partial charge is 0.308 e. The lowest BCUT2D eigenvalue weighted by Gasteiger charge is -2.23. The number of benzene rings is 3. The zero-order chi connectivity index (χ0) is 18.5. The number of hydrogen-bond acceptors (Lipinski definition) is 3. The molecule has 0 aromatic heterocycles. The summed E-state index contributed by atoms with van der Waals surface area (Å²) >= 11 is 0. The van der Waals surface area contributed by atoms with Gasteiger partial charge >= 0.3 is 5.97 Å². The van der Waals surface area contributed by atoms with E-state index in [-0.39, 0.29) is 5.91 Å². The number of amides is 1. The van der Waals surface area contributed by atoms with E-state index in [2.05, 4.69) is 5.32 Å². The van der Waals surface area contributed by atoms with Crippen LogP contribution in [0, 0.1) is 0 Å². The lowest BCUT2D eigenvalue weighted by atomic mass is 9.92. The van der Waals surface area contributed by atoms with Gasteiger partial charge < -0.3 is 10.1 Å². The fraction of sp³-hybridized carbons (Fsp3) is 0.182. The van der Waals surface area contributed by atoms with Gasteiger partial charge in [-0.05, 0) is 22.4 Å². The standard InChI is InChI=1S/C22H21NO3/c1-3-20(25)23-22(17-10-5-4-6-11-17)21-18-12-8-7-9-16(18)13-14-19(21)26-15(2)24/h4-14,22H,3H2,1-2H3,(H,23,25)/t22-/m1/s1. The number of carbonyl (C=O) groups is 2. The molecular weight excluding hydrogens is 326 g/mol. The van der Waals surface area contributed by atoms with Crippen molar-refractivity contribution in [1.29, 1.82) is 0 Å². The molecule has 3 aromatic carbocycles. The van der Waals surface area contributed by atoms with Crippen LogP contribution in [-0.2, 0) is 9.59 Å². The Bertz CT molecular complexity index is 935. The van der Waals surface area contributed by atoms with Gasteiger partial charge in [0.05, 0.1) is 6.04 Å². The van der Waals surface area contributed by atoms with Crippen molar-refractivity contribution in [2.45, 2.75) is 26.3 Å². The van der Waals surface area contributed by atoms with E-state index in [1.807, 2.05) is 67.6 Å². The van der Waals surface area contributed by atoms with Crippen molar-refractivity contribution in [3.05, 3.63) is 77.9 Å². The van der Waals surface area contributed by atoms with Crippen LogP contribution >= 0.6 is 0 Å². The van der Waals surface area contributed by atoms with Crippen LogP contribution in [0.5, 0.6) is 5.75 Å². The lowest BCUT2D eigenvalue weighted by Crippen LogP contribution is -2.29. The fourth-order valence-corrected chi connectivity index (χ4v) is 3.05. The number of carbonyl (C=O) groups excluding carboxylic acids is 2. The molecule has 4 nitrogen and oxygen atoms in total. The molecule has 0 aliphatic rings. The summed E-state index contributed by atoms with van der Waals surface area (Å²) in [5.74, 6) is -0.00261. The molecule has 0 saturated heterocycles.